The summed E-state index contributed by atoms with van der Waals surface area (Å²) in [6.07, 6.45) is 0.372. The zero-order valence-electron chi connectivity index (χ0n) is 9.76. The topological polar surface area (TPSA) is 55.8 Å². The minimum absolute atomic E-state index is 0.112. The maximum Gasteiger partial charge on any atom is 0.330 e. The lowest BCUT2D eigenvalue weighted by molar-refractivity contribution is -0.146. The highest BCUT2D eigenvalue weighted by atomic mass is 16.6. The average molecular weight is 236 g/mol. The Kier molecular flexibility index (Phi) is 5.23. The van der Waals surface area contributed by atoms with Gasteiger partial charge in [0.15, 0.2) is 6.10 Å². The third-order valence-electron chi connectivity index (χ3n) is 2.17. The summed E-state index contributed by atoms with van der Waals surface area (Å²) in [4.78, 5) is 11.0. The molecule has 0 aliphatic carbocycles. The van der Waals surface area contributed by atoms with Crippen LogP contribution in [0.25, 0.3) is 0 Å². The molecule has 92 valence electrons. The number of esters is 1. The first-order valence-corrected chi connectivity index (χ1v) is 5.29. The lowest BCUT2D eigenvalue weighted by Crippen LogP contribution is -2.27. The Bertz CT molecular complexity index is 387. The fraction of sp³-hybridized carbons (Fsp3) is 0.308. The Morgan fingerprint density at radius 1 is 1.53 bits per heavy atom. The maximum atomic E-state index is 11.0. The predicted molar refractivity (Wildman–Crippen MR) is 63.8 cm³/mol. The van der Waals surface area contributed by atoms with Gasteiger partial charge in [-0.25, -0.2) is 4.79 Å². The van der Waals surface area contributed by atoms with E-state index in [1.54, 1.807) is 0 Å². The van der Waals surface area contributed by atoms with Crippen molar-refractivity contribution in [3.63, 3.8) is 0 Å². The Balaban J connectivity index is 2.50. The molecule has 1 aromatic rings. The molecule has 0 bridgehead atoms. The summed E-state index contributed by atoms with van der Waals surface area (Å²) < 4.78 is 10.3. The van der Waals surface area contributed by atoms with Crippen LogP contribution in [0.2, 0.25) is 0 Å². The van der Waals surface area contributed by atoms with Crippen LogP contribution in [0.5, 0.6) is 5.75 Å². The highest BCUT2D eigenvalue weighted by Gasteiger charge is 2.12. The Hall–Kier alpha value is -1.81. The molecular formula is C13H16O4. The van der Waals surface area contributed by atoms with Crippen molar-refractivity contribution in [2.75, 3.05) is 13.2 Å². The van der Waals surface area contributed by atoms with Crippen LogP contribution in [-0.4, -0.2) is 30.4 Å². The zero-order chi connectivity index (χ0) is 12.7. The number of benzene rings is 1. The van der Waals surface area contributed by atoms with E-state index in [1.807, 2.05) is 31.2 Å². The lowest BCUT2D eigenvalue weighted by Gasteiger charge is -2.16. The number of para-hydroxylation sites is 1. The molecule has 0 heterocycles. The predicted octanol–water partition coefficient (Wildman–Crippen LogP) is 1.46. The van der Waals surface area contributed by atoms with Gasteiger partial charge >= 0.3 is 5.97 Å². The number of hydrogen-bond acceptors (Lipinski definition) is 4. The van der Waals surface area contributed by atoms with Gasteiger partial charge < -0.3 is 14.6 Å². The first-order chi connectivity index (χ1) is 8.17. The second kappa shape index (κ2) is 6.70. The fourth-order valence-electron chi connectivity index (χ4n) is 1.24. The Morgan fingerprint density at radius 2 is 2.24 bits per heavy atom. The molecule has 1 atom stereocenters. The van der Waals surface area contributed by atoms with Gasteiger partial charge in [0, 0.05) is 6.08 Å². The number of carbonyl (C=O) groups excluding carboxylic acids is 1. The number of aliphatic hydroxyl groups is 1. The standard InChI is InChI=1S/C13H16O4/c1-3-13(15)17-11(8-14)9-16-12-7-5-4-6-10(12)2/h3-7,11,14H,1,8-9H2,2H3/t11-/m0/s1. The smallest absolute Gasteiger partial charge is 0.330 e. The van der Waals surface area contributed by atoms with E-state index in [0.717, 1.165) is 11.6 Å². The molecule has 1 N–H and O–H groups in total. The molecule has 0 amide bonds. The van der Waals surface area contributed by atoms with Gasteiger partial charge in [0.05, 0.1) is 6.61 Å². The third-order valence-corrected chi connectivity index (χ3v) is 2.17. The quantitative estimate of drug-likeness (QED) is 0.600. The molecule has 0 saturated heterocycles. The van der Waals surface area contributed by atoms with E-state index >= 15 is 0 Å². The number of rotatable bonds is 6. The zero-order valence-corrected chi connectivity index (χ0v) is 9.76. The fourth-order valence-corrected chi connectivity index (χ4v) is 1.24. The van der Waals surface area contributed by atoms with Crippen LogP contribution < -0.4 is 4.74 Å². The minimum Gasteiger partial charge on any atom is -0.489 e. The molecular weight excluding hydrogens is 220 g/mol. The summed E-state index contributed by atoms with van der Waals surface area (Å²) in [7, 11) is 0. The highest BCUT2D eigenvalue weighted by Crippen LogP contribution is 2.16. The van der Waals surface area contributed by atoms with Gasteiger partial charge in [-0.3, -0.25) is 0 Å². The Labute approximate surface area is 100 Å². The van der Waals surface area contributed by atoms with Crippen molar-refractivity contribution in [1.82, 2.24) is 0 Å². The minimum atomic E-state index is -0.680. The van der Waals surface area contributed by atoms with Gasteiger partial charge in [-0.1, -0.05) is 24.8 Å². The van der Waals surface area contributed by atoms with Crippen LogP contribution in [0.15, 0.2) is 36.9 Å². The summed E-state index contributed by atoms with van der Waals surface area (Å²) in [6.45, 7) is 5.02. The van der Waals surface area contributed by atoms with Crippen molar-refractivity contribution in [1.29, 1.82) is 0 Å². The van der Waals surface area contributed by atoms with Crippen LogP contribution in [0.3, 0.4) is 0 Å². The molecule has 0 saturated carbocycles. The molecule has 1 rings (SSSR count). The van der Waals surface area contributed by atoms with Crippen molar-refractivity contribution >= 4 is 5.97 Å². The van der Waals surface area contributed by atoms with Crippen molar-refractivity contribution in [3.05, 3.63) is 42.5 Å². The van der Waals surface area contributed by atoms with Crippen LogP contribution >= 0.6 is 0 Å². The molecule has 1 aromatic carbocycles. The number of aryl methyl sites for hydroxylation is 1. The number of aliphatic hydroxyl groups excluding tert-OH is 1. The van der Waals surface area contributed by atoms with Gasteiger partial charge in [-0.2, -0.15) is 0 Å². The molecule has 0 aliphatic rings. The molecule has 4 nitrogen and oxygen atoms in total. The summed E-state index contributed by atoms with van der Waals surface area (Å²) >= 11 is 0. The molecule has 0 aromatic heterocycles. The largest absolute Gasteiger partial charge is 0.489 e. The van der Waals surface area contributed by atoms with Crippen LogP contribution in [0, 0.1) is 6.92 Å². The van der Waals surface area contributed by atoms with Crippen LogP contribution in [0.4, 0.5) is 0 Å². The normalized spacial score (nSPS) is 11.6. The van der Waals surface area contributed by atoms with E-state index in [4.69, 9.17) is 14.6 Å². The summed E-state index contributed by atoms with van der Waals surface area (Å²) in [6, 6.07) is 7.49. The first kappa shape index (κ1) is 13.3. The van der Waals surface area contributed by atoms with Crippen molar-refractivity contribution in [3.8, 4) is 5.75 Å². The van der Waals surface area contributed by atoms with E-state index in [-0.39, 0.29) is 13.2 Å². The number of carbonyl (C=O) groups is 1. The third kappa shape index (κ3) is 4.28. The van der Waals surface area contributed by atoms with E-state index in [1.165, 1.54) is 0 Å². The first-order valence-electron chi connectivity index (χ1n) is 5.29. The van der Waals surface area contributed by atoms with Gasteiger partial charge in [0.25, 0.3) is 0 Å². The van der Waals surface area contributed by atoms with E-state index < -0.39 is 12.1 Å². The van der Waals surface area contributed by atoms with Gasteiger partial charge in [-0.15, -0.1) is 0 Å². The molecule has 17 heavy (non-hydrogen) atoms. The summed E-state index contributed by atoms with van der Waals surface area (Å²) in [5.74, 6) is 0.137. The highest BCUT2D eigenvalue weighted by molar-refractivity contribution is 5.81. The maximum absolute atomic E-state index is 11.0. The SMILES string of the molecule is C=CC(=O)O[C@@H](CO)COc1ccccc1C. The van der Waals surface area contributed by atoms with Crippen LogP contribution in [-0.2, 0) is 9.53 Å². The second-order valence-electron chi connectivity index (χ2n) is 3.52. The Morgan fingerprint density at radius 3 is 2.82 bits per heavy atom. The molecule has 0 aliphatic heterocycles. The van der Waals surface area contributed by atoms with E-state index in [0.29, 0.717) is 5.75 Å². The van der Waals surface area contributed by atoms with E-state index in [9.17, 15) is 4.79 Å². The van der Waals surface area contributed by atoms with Crippen molar-refractivity contribution in [2.24, 2.45) is 0 Å². The number of ether oxygens (including phenoxy) is 2. The van der Waals surface area contributed by atoms with Crippen LogP contribution in [0.1, 0.15) is 5.56 Å². The molecule has 0 fully saturated rings. The monoisotopic (exact) mass is 236 g/mol. The molecule has 0 radical (unpaired) electrons. The number of hydrogen-bond donors (Lipinski definition) is 1. The molecule has 0 unspecified atom stereocenters. The average Bonchev–Trinajstić information content (AvgIpc) is 2.35. The molecule has 0 spiro atoms. The van der Waals surface area contributed by atoms with Gasteiger partial charge in [0.1, 0.15) is 12.4 Å². The van der Waals surface area contributed by atoms with Gasteiger partial charge in [-0.05, 0) is 18.6 Å². The molecule has 4 heteroatoms. The van der Waals surface area contributed by atoms with Crippen molar-refractivity contribution in [2.45, 2.75) is 13.0 Å². The summed E-state index contributed by atoms with van der Waals surface area (Å²) in [5, 5.41) is 9.03. The lowest BCUT2D eigenvalue weighted by atomic mass is 10.2. The summed E-state index contributed by atoms with van der Waals surface area (Å²) in [5.41, 5.74) is 0.985. The second-order valence-corrected chi connectivity index (χ2v) is 3.52. The van der Waals surface area contributed by atoms with E-state index in [2.05, 4.69) is 6.58 Å². The van der Waals surface area contributed by atoms with Crippen molar-refractivity contribution < 1.29 is 19.4 Å². The van der Waals surface area contributed by atoms with Gasteiger partial charge in [0.2, 0.25) is 0 Å².